The van der Waals surface area contributed by atoms with E-state index < -0.39 is 0 Å². The molecule has 1 aromatic carbocycles. The average Bonchev–Trinajstić information content (AvgIpc) is 3.04. The van der Waals surface area contributed by atoms with Crippen LogP contribution >= 0.6 is 11.3 Å². The van der Waals surface area contributed by atoms with Crippen molar-refractivity contribution in [2.45, 2.75) is 6.92 Å². The topological polar surface area (TPSA) is 69.7 Å². The smallest absolute Gasteiger partial charge is 0.295 e. The Bertz CT molecular complexity index is 754. The van der Waals surface area contributed by atoms with E-state index in [1.807, 2.05) is 30.5 Å². The highest BCUT2D eigenvalue weighted by Gasteiger charge is 2.17. The summed E-state index contributed by atoms with van der Waals surface area (Å²) in [5.41, 5.74) is 2.80. The molecule has 1 N–H and O–H groups in total. The third kappa shape index (κ3) is 3.45. The molecule has 0 saturated heterocycles. The minimum Gasteiger partial charge on any atom is -0.496 e. The van der Waals surface area contributed by atoms with Crippen molar-refractivity contribution in [3.8, 4) is 17.0 Å². The Morgan fingerprint density at radius 3 is 2.96 bits per heavy atom. The third-order valence-electron chi connectivity index (χ3n) is 3.29. The monoisotopic (exact) mass is 332 g/mol. The second kappa shape index (κ2) is 6.70. The highest BCUT2D eigenvalue weighted by molar-refractivity contribution is 7.14. The van der Waals surface area contributed by atoms with Gasteiger partial charge in [-0.25, -0.2) is 4.98 Å². The molecule has 0 aliphatic carbocycles. The fourth-order valence-corrected chi connectivity index (χ4v) is 2.86. The van der Waals surface area contributed by atoms with Gasteiger partial charge in [0.25, 0.3) is 5.91 Å². The van der Waals surface area contributed by atoms with Gasteiger partial charge in [-0.05, 0) is 30.7 Å². The molecule has 1 aliphatic rings. The number of nitrogens with one attached hydrogen (secondary N) is 1. The molecule has 2 heterocycles. The molecule has 0 spiro atoms. The summed E-state index contributed by atoms with van der Waals surface area (Å²) in [6, 6.07) is 5.84. The molecular formula is C16H16N2O4S. The van der Waals surface area contributed by atoms with Crippen LogP contribution in [0.4, 0.5) is 5.13 Å². The average molecular weight is 332 g/mol. The normalized spacial score (nSPS) is 13.6. The molecule has 1 aromatic heterocycles. The summed E-state index contributed by atoms with van der Waals surface area (Å²) in [5, 5.41) is 5.11. The van der Waals surface area contributed by atoms with E-state index in [-0.39, 0.29) is 11.7 Å². The van der Waals surface area contributed by atoms with Crippen LogP contribution in [0.1, 0.15) is 5.56 Å². The fraction of sp³-hybridized carbons (Fsp3) is 0.250. The molecule has 0 fully saturated rings. The van der Waals surface area contributed by atoms with Gasteiger partial charge in [0.1, 0.15) is 25.2 Å². The Hall–Kier alpha value is -2.54. The van der Waals surface area contributed by atoms with Gasteiger partial charge in [-0.3, -0.25) is 10.1 Å². The van der Waals surface area contributed by atoms with Gasteiger partial charge in [0.15, 0.2) is 5.13 Å². The van der Waals surface area contributed by atoms with Gasteiger partial charge in [0, 0.05) is 10.9 Å². The summed E-state index contributed by atoms with van der Waals surface area (Å²) in [5.74, 6) is 0.628. The van der Waals surface area contributed by atoms with E-state index in [4.69, 9.17) is 14.2 Å². The lowest BCUT2D eigenvalue weighted by molar-refractivity contribution is -0.117. The minimum atomic E-state index is -0.364. The Morgan fingerprint density at radius 2 is 2.26 bits per heavy atom. The van der Waals surface area contributed by atoms with Gasteiger partial charge in [0.05, 0.1) is 12.8 Å². The summed E-state index contributed by atoms with van der Waals surface area (Å²) >= 11 is 1.35. The molecule has 0 bridgehead atoms. The van der Waals surface area contributed by atoms with E-state index in [1.165, 1.54) is 17.6 Å². The predicted molar refractivity (Wildman–Crippen MR) is 87.5 cm³/mol. The first kappa shape index (κ1) is 15.4. The van der Waals surface area contributed by atoms with Crippen molar-refractivity contribution in [2.24, 2.45) is 0 Å². The van der Waals surface area contributed by atoms with Crippen LogP contribution in [0.15, 0.2) is 35.6 Å². The van der Waals surface area contributed by atoms with Crippen LogP contribution in [0.2, 0.25) is 0 Å². The molecule has 0 radical (unpaired) electrons. The number of rotatable bonds is 4. The van der Waals surface area contributed by atoms with Gasteiger partial charge >= 0.3 is 0 Å². The molecule has 3 rings (SSSR count). The van der Waals surface area contributed by atoms with Crippen LogP contribution in [0.5, 0.6) is 5.75 Å². The molecule has 1 aliphatic heterocycles. The second-order valence-corrected chi connectivity index (χ2v) is 5.74. The summed E-state index contributed by atoms with van der Waals surface area (Å²) in [6.45, 7) is 2.80. The fourth-order valence-electron chi connectivity index (χ4n) is 2.15. The largest absolute Gasteiger partial charge is 0.496 e. The first-order valence-electron chi connectivity index (χ1n) is 7.04. The van der Waals surface area contributed by atoms with E-state index in [1.54, 1.807) is 7.11 Å². The van der Waals surface area contributed by atoms with Gasteiger partial charge in [-0.1, -0.05) is 0 Å². The number of anilines is 1. The number of thiazole rings is 1. The Morgan fingerprint density at radius 1 is 1.39 bits per heavy atom. The summed E-state index contributed by atoms with van der Waals surface area (Å²) < 4.78 is 15.6. The summed E-state index contributed by atoms with van der Waals surface area (Å²) in [6.07, 6.45) is 1.32. The number of nitrogens with zero attached hydrogens (tertiary/aromatic N) is 1. The van der Waals surface area contributed by atoms with Gasteiger partial charge in [-0.2, -0.15) is 0 Å². The van der Waals surface area contributed by atoms with Crippen molar-refractivity contribution < 1.29 is 19.0 Å². The van der Waals surface area contributed by atoms with Crippen molar-refractivity contribution in [1.82, 2.24) is 4.98 Å². The quantitative estimate of drug-likeness (QED) is 0.932. The van der Waals surface area contributed by atoms with Crippen molar-refractivity contribution in [3.05, 3.63) is 41.2 Å². The van der Waals surface area contributed by atoms with Crippen molar-refractivity contribution >= 4 is 22.4 Å². The Balaban J connectivity index is 1.74. The molecule has 0 unspecified atom stereocenters. The molecule has 0 saturated carbocycles. The summed E-state index contributed by atoms with van der Waals surface area (Å²) in [7, 11) is 1.64. The van der Waals surface area contributed by atoms with Gasteiger partial charge in [-0.15, -0.1) is 11.3 Å². The maximum Gasteiger partial charge on any atom is 0.295 e. The van der Waals surface area contributed by atoms with Crippen LogP contribution < -0.4 is 10.1 Å². The number of amides is 1. The Labute approximate surface area is 137 Å². The number of benzene rings is 1. The highest BCUT2D eigenvalue weighted by Crippen LogP contribution is 2.29. The van der Waals surface area contributed by atoms with Crippen molar-refractivity contribution in [1.29, 1.82) is 0 Å². The number of ether oxygens (including phenoxy) is 3. The second-order valence-electron chi connectivity index (χ2n) is 4.88. The number of hydrogen-bond donors (Lipinski definition) is 1. The number of carbonyl (C=O) groups is 1. The summed E-state index contributed by atoms with van der Waals surface area (Å²) in [4.78, 5) is 16.5. The van der Waals surface area contributed by atoms with Gasteiger partial charge < -0.3 is 14.2 Å². The number of hydrogen-bond acceptors (Lipinski definition) is 6. The number of aryl methyl sites for hydroxylation is 1. The van der Waals surface area contributed by atoms with E-state index in [0.29, 0.717) is 18.3 Å². The molecular weight excluding hydrogens is 316 g/mol. The molecule has 2 aromatic rings. The first-order chi connectivity index (χ1) is 11.2. The maximum absolute atomic E-state index is 12.0. The molecule has 23 heavy (non-hydrogen) atoms. The predicted octanol–water partition coefficient (Wildman–Crippen LogP) is 2.95. The van der Waals surface area contributed by atoms with Crippen LogP contribution in [-0.2, 0) is 14.3 Å². The van der Waals surface area contributed by atoms with Gasteiger partial charge in [0.2, 0.25) is 5.76 Å². The van der Waals surface area contributed by atoms with E-state index in [2.05, 4.69) is 10.3 Å². The lowest BCUT2D eigenvalue weighted by Gasteiger charge is -2.14. The lowest BCUT2D eigenvalue weighted by atomic mass is 10.1. The first-order valence-corrected chi connectivity index (χ1v) is 7.92. The van der Waals surface area contributed by atoms with Crippen LogP contribution in [0.25, 0.3) is 11.3 Å². The number of methoxy groups -OCH3 is 1. The number of carbonyl (C=O) groups excluding carboxylic acids is 1. The van der Waals surface area contributed by atoms with Crippen LogP contribution in [-0.4, -0.2) is 31.2 Å². The minimum absolute atomic E-state index is 0.160. The highest BCUT2D eigenvalue weighted by atomic mass is 32.1. The Kier molecular flexibility index (Phi) is 4.47. The van der Waals surface area contributed by atoms with Crippen molar-refractivity contribution in [3.63, 3.8) is 0 Å². The van der Waals surface area contributed by atoms with E-state index in [9.17, 15) is 4.79 Å². The SMILES string of the molecule is COc1ccc(-c2csc(NC(=O)C3=COCCO3)n2)cc1C. The zero-order valence-electron chi connectivity index (χ0n) is 12.8. The zero-order chi connectivity index (χ0) is 16.2. The van der Waals surface area contributed by atoms with Crippen LogP contribution in [0.3, 0.4) is 0 Å². The lowest BCUT2D eigenvalue weighted by Crippen LogP contribution is -2.21. The molecule has 120 valence electrons. The van der Waals surface area contributed by atoms with E-state index in [0.717, 1.165) is 22.6 Å². The molecule has 0 atom stereocenters. The van der Waals surface area contributed by atoms with Crippen LogP contribution in [0, 0.1) is 6.92 Å². The molecule has 7 heteroatoms. The molecule has 1 amide bonds. The maximum atomic E-state index is 12.0. The van der Waals surface area contributed by atoms with Crippen molar-refractivity contribution in [2.75, 3.05) is 25.6 Å². The zero-order valence-corrected chi connectivity index (χ0v) is 13.6. The van der Waals surface area contributed by atoms with E-state index >= 15 is 0 Å². The molecule has 6 nitrogen and oxygen atoms in total. The number of aromatic nitrogens is 1. The third-order valence-corrected chi connectivity index (χ3v) is 4.05. The standard InChI is InChI=1S/C16H16N2O4S/c1-10-7-11(3-4-13(10)20-2)12-9-23-16(17-12)18-15(19)14-8-21-5-6-22-14/h3-4,7-9H,5-6H2,1-2H3,(H,17,18,19).